The number of carbonyl (C=O) groups excluding carboxylic acids is 1. The third-order valence-corrected chi connectivity index (χ3v) is 6.42. The van der Waals surface area contributed by atoms with Gasteiger partial charge < -0.3 is 5.32 Å². The first-order valence-electron chi connectivity index (χ1n) is 10.6. The van der Waals surface area contributed by atoms with E-state index in [2.05, 4.69) is 15.1 Å². The minimum absolute atomic E-state index is 0.0696. The summed E-state index contributed by atoms with van der Waals surface area (Å²) in [7, 11) is -3.36. The third-order valence-electron chi connectivity index (χ3n) is 4.87. The van der Waals surface area contributed by atoms with Gasteiger partial charge in [-0.2, -0.15) is 5.10 Å². The molecule has 8 heteroatoms. The highest BCUT2D eigenvalue weighted by atomic mass is 32.2. The van der Waals surface area contributed by atoms with E-state index in [1.54, 1.807) is 32.0 Å². The van der Waals surface area contributed by atoms with Gasteiger partial charge in [0, 0.05) is 23.8 Å². The number of amides is 1. The SMILES string of the molecule is Cc1cc(C)n(Cc2cccc(C(=O)NCc3ccc(CS(=O)(=O)NC(C)C)cc3)c2)n1. The van der Waals surface area contributed by atoms with Crippen LogP contribution < -0.4 is 10.0 Å². The fraction of sp³-hybridized carbons (Fsp3) is 0.333. The Balaban J connectivity index is 1.58. The fourth-order valence-electron chi connectivity index (χ4n) is 3.48. The van der Waals surface area contributed by atoms with Gasteiger partial charge in [0.25, 0.3) is 5.91 Å². The highest BCUT2D eigenvalue weighted by molar-refractivity contribution is 7.88. The van der Waals surface area contributed by atoms with Crippen molar-refractivity contribution in [1.82, 2.24) is 19.8 Å². The summed E-state index contributed by atoms with van der Waals surface area (Å²) in [5.74, 6) is -0.229. The Morgan fingerprint density at radius 3 is 2.31 bits per heavy atom. The van der Waals surface area contributed by atoms with Crippen LogP contribution in [0.15, 0.2) is 54.6 Å². The van der Waals surface area contributed by atoms with Crippen LogP contribution in [0, 0.1) is 13.8 Å². The van der Waals surface area contributed by atoms with Crippen LogP contribution in [0.5, 0.6) is 0 Å². The third kappa shape index (κ3) is 6.77. The molecule has 3 rings (SSSR count). The van der Waals surface area contributed by atoms with Crippen LogP contribution >= 0.6 is 0 Å². The van der Waals surface area contributed by atoms with Gasteiger partial charge in [0.05, 0.1) is 18.0 Å². The molecular formula is C24H30N4O3S. The molecule has 0 aliphatic heterocycles. The molecule has 170 valence electrons. The van der Waals surface area contributed by atoms with E-state index in [4.69, 9.17) is 0 Å². The Bertz CT molecular complexity index is 1180. The number of aromatic nitrogens is 2. The smallest absolute Gasteiger partial charge is 0.251 e. The first-order chi connectivity index (χ1) is 15.1. The van der Waals surface area contributed by atoms with Crippen LogP contribution in [0.2, 0.25) is 0 Å². The number of nitrogens with one attached hydrogen (secondary N) is 2. The average molecular weight is 455 g/mol. The zero-order chi connectivity index (χ0) is 23.3. The van der Waals surface area contributed by atoms with Crippen molar-refractivity contribution in [3.8, 4) is 0 Å². The second kappa shape index (κ2) is 10.1. The van der Waals surface area contributed by atoms with Gasteiger partial charge in [-0.1, -0.05) is 36.4 Å². The molecule has 0 saturated carbocycles. The van der Waals surface area contributed by atoms with Crippen molar-refractivity contribution in [2.45, 2.75) is 52.6 Å². The van der Waals surface area contributed by atoms with Crippen molar-refractivity contribution < 1.29 is 13.2 Å². The first kappa shape index (κ1) is 23.7. The maximum atomic E-state index is 12.6. The lowest BCUT2D eigenvalue weighted by molar-refractivity contribution is 0.0950. The summed E-state index contributed by atoms with van der Waals surface area (Å²) in [5, 5.41) is 7.40. The first-order valence-corrected chi connectivity index (χ1v) is 12.2. The van der Waals surface area contributed by atoms with Crippen LogP contribution in [0.4, 0.5) is 0 Å². The maximum Gasteiger partial charge on any atom is 0.251 e. The molecule has 2 aromatic carbocycles. The monoisotopic (exact) mass is 454 g/mol. The van der Waals surface area contributed by atoms with Gasteiger partial charge in [-0.25, -0.2) is 13.1 Å². The van der Waals surface area contributed by atoms with Gasteiger partial charge in [-0.3, -0.25) is 9.48 Å². The molecule has 32 heavy (non-hydrogen) atoms. The summed E-state index contributed by atoms with van der Waals surface area (Å²) in [4.78, 5) is 12.6. The van der Waals surface area contributed by atoms with Gasteiger partial charge in [0.15, 0.2) is 0 Å². The number of carbonyl (C=O) groups is 1. The van der Waals surface area contributed by atoms with Crippen molar-refractivity contribution in [3.05, 3.63) is 88.2 Å². The second-order valence-electron chi connectivity index (χ2n) is 8.32. The molecule has 1 heterocycles. The Kier molecular flexibility index (Phi) is 7.48. The van der Waals surface area contributed by atoms with E-state index in [1.807, 2.05) is 54.9 Å². The number of sulfonamides is 1. The van der Waals surface area contributed by atoms with Gasteiger partial charge in [0.2, 0.25) is 10.0 Å². The highest BCUT2D eigenvalue weighted by Gasteiger charge is 2.13. The number of rotatable bonds is 9. The lowest BCUT2D eigenvalue weighted by atomic mass is 10.1. The van der Waals surface area contributed by atoms with Gasteiger partial charge in [-0.05, 0) is 62.6 Å². The standard InChI is InChI=1S/C24H30N4O3S/c1-17(2)27-32(30,31)16-21-10-8-20(9-11-21)14-25-24(29)23-7-5-6-22(13-23)15-28-19(4)12-18(3)26-28/h5-13,17,27H,14-16H2,1-4H3,(H,25,29). The number of hydrogen-bond donors (Lipinski definition) is 2. The zero-order valence-electron chi connectivity index (χ0n) is 18.9. The molecule has 2 N–H and O–H groups in total. The lowest BCUT2D eigenvalue weighted by Crippen LogP contribution is -2.31. The summed E-state index contributed by atoms with van der Waals surface area (Å²) in [6.07, 6.45) is 0. The molecule has 0 aliphatic rings. The molecule has 0 spiro atoms. The summed E-state index contributed by atoms with van der Waals surface area (Å²) in [6.45, 7) is 8.52. The van der Waals surface area contributed by atoms with Crippen molar-refractivity contribution in [1.29, 1.82) is 0 Å². The van der Waals surface area contributed by atoms with E-state index < -0.39 is 10.0 Å². The van der Waals surface area contributed by atoms with Crippen LogP contribution in [-0.2, 0) is 28.9 Å². The van der Waals surface area contributed by atoms with E-state index in [9.17, 15) is 13.2 Å². The molecule has 0 bridgehead atoms. The van der Waals surface area contributed by atoms with Gasteiger partial charge in [0.1, 0.15) is 0 Å². The summed E-state index contributed by atoms with van der Waals surface area (Å²) in [5.41, 5.74) is 5.24. The second-order valence-corrected chi connectivity index (χ2v) is 10.1. The molecule has 0 atom stereocenters. The van der Waals surface area contributed by atoms with Gasteiger partial charge in [-0.15, -0.1) is 0 Å². The number of benzene rings is 2. The van der Waals surface area contributed by atoms with Crippen LogP contribution in [0.25, 0.3) is 0 Å². The Hall–Kier alpha value is -2.97. The minimum atomic E-state index is -3.36. The molecule has 0 saturated heterocycles. The summed E-state index contributed by atoms with van der Waals surface area (Å²) >= 11 is 0. The Morgan fingerprint density at radius 2 is 1.69 bits per heavy atom. The van der Waals surface area contributed by atoms with Crippen molar-refractivity contribution in [3.63, 3.8) is 0 Å². The maximum absolute atomic E-state index is 12.6. The lowest BCUT2D eigenvalue weighted by Gasteiger charge is -2.10. The molecular weight excluding hydrogens is 424 g/mol. The average Bonchev–Trinajstić information content (AvgIpc) is 3.02. The quantitative estimate of drug-likeness (QED) is 0.519. The Morgan fingerprint density at radius 1 is 1.00 bits per heavy atom. The molecule has 0 fully saturated rings. The van der Waals surface area contributed by atoms with E-state index in [-0.39, 0.29) is 17.7 Å². The molecule has 0 radical (unpaired) electrons. The normalized spacial score (nSPS) is 11.7. The predicted octanol–water partition coefficient (Wildman–Crippen LogP) is 3.31. The van der Waals surface area contributed by atoms with Crippen molar-refractivity contribution in [2.75, 3.05) is 0 Å². The van der Waals surface area contributed by atoms with Crippen LogP contribution in [0.1, 0.15) is 52.3 Å². The molecule has 0 aliphatic carbocycles. The van der Waals surface area contributed by atoms with E-state index in [0.29, 0.717) is 24.2 Å². The summed E-state index contributed by atoms with van der Waals surface area (Å²) in [6, 6.07) is 16.6. The zero-order valence-corrected chi connectivity index (χ0v) is 19.7. The molecule has 1 aromatic heterocycles. The van der Waals surface area contributed by atoms with E-state index >= 15 is 0 Å². The van der Waals surface area contributed by atoms with Crippen molar-refractivity contribution in [2.24, 2.45) is 0 Å². The molecule has 3 aromatic rings. The minimum Gasteiger partial charge on any atom is -0.348 e. The van der Waals surface area contributed by atoms with Crippen LogP contribution in [-0.4, -0.2) is 30.1 Å². The highest BCUT2D eigenvalue weighted by Crippen LogP contribution is 2.11. The largest absolute Gasteiger partial charge is 0.348 e. The predicted molar refractivity (Wildman–Crippen MR) is 126 cm³/mol. The number of nitrogens with zero attached hydrogens (tertiary/aromatic N) is 2. The fourth-order valence-corrected chi connectivity index (χ4v) is 4.91. The van der Waals surface area contributed by atoms with E-state index in [1.165, 1.54) is 0 Å². The Labute approximate surface area is 189 Å². The molecule has 1 amide bonds. The van der Waals surface area contributed by atoms with Crippen LogP contribution in [0.3, 0.4) is 0 Å². The molecule has 0 unspecified atom stereocenters. The van der Waals surface area contributed by atoms with Crippen molar-refractivity contribution >= 4 is 15.9 Å². The van der Waals surface area contributed by atoms with E-state index in [0.717, 1.165) is 22.5 Å². The molecule has 7 nitrogen and oxygen atoms in total. The summed E-state index contributed by atoms with van der Waals surface area (Å²) < 4.78 is 28.6. The van der Waals surface area contributed by atoms with Gasteiger partial charge >= 0.3 is 0 Å². The topological polar surface area (TPSA) is 93.1 Å². The number of hydrogen-bond acceptors (Lipinski definition) is 4. The number of aryl methyl sites for hydroxylation is 2.